The fourth-order valence-corrected chi connectivity index (χ4v) is 2.92. The molecule has 2 atom stereocenters. The molecule has 1 saturated heterocycles. The number of carbonyl (C=O) groups is 1. The quantitative estimate of drug-likeness (QED) is 0.801. The van der Waals surface area contributed by atoms with Gasteiger partial charge in [0.1, 0.15) is 6.23 Å². The smallest absolute Gasteiger partial charge is 0.411 e. The van der Waals surface area contributed by atoms with Gasteiger partial charge in [0.15, 0.2) is 0 Å². The number of aliphatic hydroxyl groups is 1. The molecule has 1 aliphatic rings. The van der Waals surface area contributed by atoms with E-state index in [4.69, 9.17) is 4.74 Å². The molecule has 18 heavy (non-hydrogen) atoms. The first kappa shape index (κ1) is 15.5. The number of amides is 1. The lowest BCUT2D eigenvalue weighted by atomic mass is 9.94. The Hall–Kier alpha value is -0.553. The van der Waals surface area contributed by atoms with Crippen LogP contribution in [0, 0.1) is 5.92 Å². The molecule has 5 heteroatoms. The zero-order valence-electron chi connectivity index (χ0n) is 12.1. The van der Waals surface area contributed by atoms with Gasteiger partial charge in [0.2, 0.25) is 0 Å². The van der Waals surface area contributed by atoms with Gasteiger partial charge in [-0.1, -0.05) is 26.6 Å². The van der Waals surface area contributed by atoms with E-state index < -0.39 is 14.3 Å². The Labute approximate surface area is 111 Å². The normalized spacial score (nSPS) is 25.1. The molecule has 1 amide bonds. The minimum Gasteiger partial charge on any atom is -0.450 e. The van der Waals surface area contributed by atoms with Gasteiger partial charge in [-0.15, -0.1) is 0 Å². The molecule has 0 spiro atoms. The molecule has 0 radical (unpaired) electrons. The van der Waals surface area contributed by atoms with Gasteiger partial charge in [-0.3, -0.25) is 4.90 Å². The summed E-state index contributed by atoms with van der Waals surface area (Å²) in [4.78, 5) is 13.4. The molecule has 0 aromatic heterocycles. The van der Waals surface area contributed by atoms with Crippen molar-refractivity contribution >= 4 is 14.2 Å². The molecule has 1 rings (SSSR count). The zero-order valence-corrected chi connectivity index (χ0v) is 13.1. The van der Waals surface area contributed by atoms with Crippen LogP contribution >= 0.6 is 0 Å². The second-order valence-electron chi connectivity index (χ2n) is 6.34. The van der Waals surface area contributed by atoms with Crippen molar-refractivity contribution in [3.8, 4) is 0 Å². The van der Waals surface area contributed by atoms with Crippen LogP contribution in [0.4, 0.5) is 4.79 Å². The number of rotatable bonds is 4. The Balaban J connectivity index is 2.41. The van der Waals surface area contributed by atoms with Crippen molar-refractivity contribution in [3.05, 3.63) is 0 Å². The van der Waals surface area contributed by atoms with E-state index in [9.17, 15) is 9.90 Å². The van der Waals surface area contributed by atoms with E-state index in [1.54, 1.807) is 0 Å². The Kier molecular flexibility index (Phi) is 5.66. The molecule has 1 N–H and O–H groups in total. The van der Waals surface area contributed by atoms with E-state index in [1.807, 2.05) is 6.92 Å². The van der Waals surface area contributed by atoms with Crippen molar-refractivity contribution in [2.24, 2.45) is 5.92 Å². The van der Waals surface area contributed by atoms with Gasteiger partial charge in [0.25, 0.3) is 0 Å². The second kappa shape index (κ2) is 6.57. The number of carbonyl (C=O) groups excluding carboxylic acids is 1. The molecule has 1 aliphatic heterocycles. The third-order valence-electron chi connectivity index (χ3n) is 3.55. The van der Waals surface area contributed by atoms with E-state index >= 15 is 0 Å². The summed E-state index contributed by atoms with van der Waals surface area (Å²) in [5.74, 6) is 0.197. The highest BCUT2D eigenvalue weighted by atomic mass is 28.3. The van der Waals surface area contributed by atoms with Gasteiger partial charge in [-0.25, -0.2) is 4.79 Å². The highest BCUT2D eigenvalue weighted by Crippen LogP contribution is 2.25. The summed E-state index contributed by atoms with van der Waals surface area (Å²) in [6.45, 7) is 9.91. The summed E-state index contributed by atoms with van der Waals surface area (Å²) in [7, 11) is -1.17. The van der Waals surface area contributed by atoms with Gasteiger partial charge in [0.05, 0.1) is 6.61 Å². The Morgan fingerprint density at radius 3 is 2.67 bits per heavy atom. The molecule has 0 aliphatic carbocycles. The molecule has 1 heterocycles. The molecule has 2 unspecified atom stereocenters. The van der Waals surface area contributed by atoms with Crippen LogP contribution in [0.25, 0.3) is 0 Å². The number of ether oxygens (including phenoxy) is 1. The maximum absolute atomic E-state index is 11.9. The number of likely N-dealkylation sites (tertiary alicyclic amines) is 1. The highest BCUT2D eigenvalue weighted by Gasteiger charge is 2.32. The molecule has 0 aromatic rings. The third-order valence-corrected chi connectivity index (χ3v) is 5.26. The monoisotopic (exact) mass is 273 g/mol. The van der Waals surface area contributed by atoms with Gasteiger partial charge >= 0.3 is 6.09 Å². The van der Waals surface area contributed by atoms with Crippen molar-refractivity contribution in [1.82, 2.24) is 4.90 Å². The van der Waals surface area contributed by atoms with Crippen LogP contribution in [0.5, 0.6) is 0 Å². The molecule has 106 valence electrons. The number of nitrogens with zero attached hydrogens (tertiary/aromatic N) is 1. The number of aliphatic hydroxyl groups excluding tert-OH is 1. The van der Waals surface area contributed by atoms with Crippen molar-refractivity contribution in [2.45, 2.75) is 58.1 Å². The molecular weight excluding hydrogens is 246 g/mol. The first-order chi connectivity index (χ1) is 8.35. The predicted octanol–water partition coefficient (Wildman–Crippen LogP) is 2.90. The maximum atomic E-state index is 11.9. The minimum atomic E-state index is -1.17. The van der Waals surface area contributed by atoms with Crippen molar-refractivity contribution in [1.29, 1.82) is 0 Å². The number of hydrogen-bond acceptors (Lipinski definition) is 3. The van der Waals surface area contributed by atoms with Crippen molar-refractivity contribution < 1.29 is 14.6 Å². The first-order valence-electron chi connectivity index (χ1n) is 6.96. The van der Waals surface area contributed by atoms with Gasteiger partial charge in [0, 0.05) is 20.5 Å². The van der Waals surface area contributed by atoms with Crippen LogP contribution in [-0.2, 0) is 4.74 Å². The summed E-state index contributed by atoms with van der Waals surface area (Å²) < 4.78 is 5.28. The summed E-state index contributed by atoms with van der Waals surface area (Å²) in [6, 6.07) is 0.972. The molecule has 1 fully saturated rings. The zero-order chi connectivity index (χ0) is 13.8. The fourth-order valence-electron chi connectivity index (χ4n) is 2.20. The lowest BCUT2D eigenvalue weighted by Crippen LogP contribution is -2.48. The van der Waals surface area contributed by atoms with Crippen molar-refractivity contribution in [3.63, 3.8) is 0 Å². The summed E-state index contributed by atoms with van der Waals surface area (Å²) in [5.41, 5.74) is 0. The number of piperidine rings is 1. The lowest BCUT2D eigenvalue weighted by Gasteiger charge is -2.36. The second-order valence-corrected chi connectivity index (χ2v) is 12.0. The first-order valence-corrected chi connectivity index (χ1v) is 10.7. The lowest BCUT2D eigenvalue weighted by molar-refractivity contribution is -0.0580. The van der Waals surface area contributed by atoms with E-state index in [0.717, 1.165) is 25.3 Å². The summed E-state index contributed by atoms with van der Waals surface area (Å²) in [5, 5.41) is 10.1. The van der Waals surface area contributed by atoms with Crippen LogP contribution in [0.15, 0.2) is 0 Å². The number of hydrogen-bond donors (Lipinski definition) is 1. The Morgan fingerprint density at radius 1 is 1.44 bits per heavy atom. The van der Waals surface area contributed by atoms with Crippen LogP contribution in [-0.4, -0.2) is 43.6 Å². The summed E-state index contributed by atoms with van der Waals surface area (Å²) in [6.07, 6.45) is 1.84. The van der Waals surface area contributed by atoms with Crippen LogP contribution < -0.4 is 0 Å². The Morgan fingerprint density at radius 2 is 2.11 bits per heavy atom. The van der Waals surface area contributed by atoms with E-state index in [-0.39, 0.29) is 12.0 Å². The van der Waals surface area contributed by atoms with Crippen LogP contribution in [0.2, 0.25) is 25.7 Å². The fraction of sp³-hybridized carbons (Fsp3) is 0.923. The summed E-state index contributed by atoms with van der Waals surface area (Å²) >= 11 is 0. The third kappa shape index (κ3) is 4.61. The van der Waals surface area contributed by atoms with E-state index in [0.29, 0.717) is 13.2 Å². The standard InChI is InChI=1S/C13H27NO3Si/c1-5-11-7-6-8-14(12(11)15)13(16)17-9-10-18(2,3)4/h11-12,15H,5-10H2,1-4H3. The van der Waals surface area contributed by atoms with Gasteiger partial charge < -0.3 is 9.84 Å². The average Bonchev–Trinajstić information content (AvgIpc) is 2.27. The van der Waals surface area contributed by atoms with Crippen LogP contribution in [0.3, 0.4) is 0 Å². The molecule has 0 saturated carbocycles. The maximum Gasteiger partial charge on any atom is 0.411 e. The van der Waals surface area contributed by atoms with E-state index in [1.165, 1.54) is 4.90 Å². The molecule has 0 bridgehead atoms. The SMILES string of the molecule is CCC1CCCN(C(=O)OCC[Si](C)(C)C)C1O. The molecule has 4 nitrogen and oxygen atoms in total. The largest absolute Gasteiger partial charge is 0.450 e. The minimum absolute atomic E-state index is 0.197. The van der Waals surface area contributed by atoms with Gasteiger partial charge in [-0.2, -0.15) is 0 Å². The van der Waals surface area contributed by atoms with Crippen molar-refractivity contribution in [2.75, 3.05) is 13.2 Å². The highest BCUT2D eigenvalue weighted by molar-refractivity contribution is 6.76. The topological polar surface area (TPSA) is 49.8 Å². The predicted molar refractivity (Wildman–Crippen MR) is 75.2 cm³/mol. The molecule has 0 aromatic carbocycles. The van der Waals surface area contributed by atoms with Crippen LogP contribution in [0.1, 0.15) is 26.2 Å². The molecular formula is C13H27NO3Si. The Bertz CT molecular complexity index is 278. The van der Waals surface area contributed by atoms with E-state index in [2.05, 4.69) is 19.6 Å². The van der Waals surface area contributed by atoms with Gasteiger partial charge in [-0.05, 0) is 25.3 Å². The average molecular weight is 273 g/mol.